The number of hydrogen-bond acceptors (Lipinski definition) is 3. The van der Waals surface area contributed by atoms with Crippen molar-refractivity contribution in [1.29, 1.82) is 0 Å². The average molecular weight is 945 g/mol. The Balaban J connectivity index is 0.000000228. The largest absolute Gasteiger partial charge is 1.00 e. The van der Waals surface area contributed by atoms with E-state index < -0.39 is 0 Å². The van der Waals surface area contributed by atoms with E-state index in [0.717, 1.165) is 43.9 Å². The fraction of sp³-hybridized carbons (Fsp3) is 0.395. The summed E-state index contributed by atoms with van der Waals surface area (Å²) in [6.45, 7) is 2.00. The number of anilines is 2. The summed E-state index contributed by atoms with van der Waals surface area (Å²) >= 11 is 6.80. The van der Waals surface area contributed by atoms with Crippen LogP contribution in [-0.2, 0) is 13.1 Å². The zero-order valence-electron chi connectivity index (χ0n) is 30.7. The Bertz CT molecular complexity index is 1720. The minimum Gasteiger partial charge on any atom is -1.00 e. The van der Waals surface area contributed by atoms with Crippen LogP contribution in [-0.4, -0.2) is 54.4 Å². The fourth-order valence-corrected chi connectivity index (χ4v) is 8.17. The number of halogens is 3. The van der Waals surface area contributed by atoms with Crippen molar-refractivity contribution in [2.75, 3.05) is 31.8 Å². The number of quaternary nitrogens is 1. The predicted molar refractivity (Wildman–Crippen MR) is 218 cm³/mol. The fourth-order valence-electron chi connectivity index (χ4n) is 7.37. The third kappa shape index (κ3) is 13.1. The standard InChI is InChI=1S/C22H27BrN2O.C21H25BrN2O.HI/c1-25(2,21-9-4-3-5-10-21)16-17-11-13-20(14-12-17)24-22(26)18-7-6-8-19(23)15-18;1-24(20-8-3-2-4-9-20)15-16-10-12-19(13-11-16)23-21(25)17-6-5-7-18(22)14-17;/h6-8,11-15,21H,3-5,9-10,16H2,1-2H3;5-7,10-14,20H,2-4,8-9,15H2,1H3,(H,23,25);1H. The third-order valence-corrected chi connectivity index (χ3v) is 11.4. The molecule has 6 nitrogen and oxygen atoms in total. The van der Waals surface area contributed by atoms with Gasteiger partial charge in [0.15, 0.2) is 0 Å². The number of benzene rings is 4. The highest BCUT2D eigenvalue weighted by atomic mass is 127. The van der Waals surface area contributed by atoms with Crippen LogP contribution in [0.1, 0.15) is 96.1 Å². The van der Waals surface area contributed by atoms with E-state index >= 15 is 0 Å². The van der Waals surface area contributed by atoms with E-state index in [0.29, 0.717) is 17.2 Å². The van der Waals surface area contributed by atoms with E-state index in [2.05, 4.69) is 92.8 Å². The molecule has 0 radical (unpaired) electrons. The molecule has 0 saturated heterocycles. The van der Waals surface area contributed by atoms with E-state index in [4.69, 9.17) is 0 Å². The number of nitrogens with one attached hydrogen (secondary N) is 2. The van der Waals surface area contributed by atoms with Crippen molar-refractivity contribution in [1.82, 2.24) is 4.90 Å². The lowest BCUT2D eigenvalue weighted by Gasteiger charge is -2.40. The van der Waals surface area contributed by atoms with Gasteiger partial charge in [0, 0.05) is 49.6 Å². The molecule has 0 aliphatic heterocycles. The molecule has 4 aromatic carbocycles. The maximum Gasteiger partial charge on any atom is 0.255 e. The summed E-state index contributed by atoms with van der Waals surface area (Å²) in [6, 6.07) is 32.8. The van der Waals surface area contributed by atoms with Crippen LogP contribution >= 0.6 is 31.9 Å². The summed E-state index contributed by atoms with van der Waals surface area (Å²) < 4.78 is 2.86. The molecule has 2 amide bonds. The number of nitrogens with zero attached hydrogens (tertiary/aromatic N) is 2. The van der Waals surface area contributed by atoms with Crippen molar-refractivity contribution in [3.63, 3.8) is 0 Å². The van der Waals surface area contributed by atoms with Crippen molar-refractivity contribution >= 4 is 55.0 Å². The second-order valence-corrected chi connectivity index (χ2v) is 16.6. The Morgan fingerprint density at radius 1 is 0.654 bits per heavy atom. The third-order valence-electron chi connectivity index (χ3n) is 10.4. The minimum atomic E-state index is -0.0895. The molecule has 0 aromatic heterocycles. The second-order valence-electron chi connectivity index (χ2n) is 14.8. The van der Waals surface area contributed by atoms with Crippen molar-refractivity contribution in [2.45, 2.75) is 89.4 Å². The molecule has 2 aliphatic carbocycles. The van der Waals surface area contributed by atoms with Gasteiger partial charge in [-0.25, -0.2) is 0 Å². The van der Waals surface area contributed by atoms with Crippen LogP contribution in [0.4, 0.5) is 11.4 Å². The monoisotopic (exact) mass is 942 g/mol. The van der Waals surface area contributed by atoms with E-state index in [-0.39, 0.29) is 35.8 Å². The van der Waals surface area contributed by atoms with Crippen molar-refractivity contribution in [3.05, 3.63) is 128 Å². The Morgan fingerprint density at radius 3 is 1.56 bits per heavy atom. The van der Waals surface area contributed by atoms with Gasteiger partial charge in [0.05, 0.1) is 20.1 Å². The molecule has 2 saturated carbocycles. The van der Waals surface area contributed by atoms with Crippen molar-refractivity contribution in [3.8, 4) is 0 Å². The maximum atomic E-state index is 12.4. The topological polar surface area (TPSA) is 61.4 Å². The summed E-state index contributed by atoms with van der Waals surface area (Å²) in [7, 11) is 6.91. The average Bonchev–Trinajstić information content (AvgIpc) is 3.14. The zero-order valence-corrected chi connectivity index (χ0v) is 36.1. The molecule has 4 aromatic rings. The van der Waals surface area contributed by atoms with E-state index in [1.54, 1.807) is 0 Å². The first kappa shape index (κ1) is 42.2. The minimum absolute atomic E-state index is 0. The quantitative estimate of drug-likeness (QED) is 0.125. The molecule has 2 N–H and O–H groups in total. The van der Waals surface area contributed by atoms with Gasteiger partial charge in [0.25, 0.3) is 11.8 Å². The summed E-state index contributed by atoms with van der Waals surface area (Å²) in [5, 5.41) is 5.93. The molecule has 0 unspecified atom stereocenters. The first-order valence-electron chi connectivity index (χ1n) is 18.4. The van der Waals surface area contributed by atoms with Gasteiger partial charge in [-0.1, -0.05) is 93.9 Å². The molecular weight excluding hydrogens is 891 g/mol. The molecule has 0 heterocycles. The summed E-state index contributed by atoms with van der Waals surface area (Å²) in [5.41, 5.74) is 5.57. The maximum absolute atomic E-state index is 12.4. The van der Waals surface area contributed by atoms with Gasteiger partial charge >= 0.3 is 0 Å². The second kappa shape index (κ2) is 20.8. The van der Waals surface area contributed by atoms with E-state index in [1.165, 1.54) is 75.3 Å². The molecule has 52 heavy (non-hydrogen) atoms. The van der Waals surface area contributed by atoms with Gasteiger partial charge in [-0.3, -0.25) is 14.5 Å². The predicted octanol–water partition coefficient (Wildman–Crippen LogP) is 8.08. The van der Waals surface area contributed by atoms with Crippen LogP contribution in [0.25, 0.3) is 0 Å². The van der Waals surface area contributed by atoms with Gasteiger partial charge in [-0.15, -0.1) is 0 Å². The molecule has 278 valence electrons. The molecule has 6 rings (SSSR count). The van der Waals surface area contributed by atoms with Crippen LogP contribution < -0.4 is 34.6 Å². The lowest BCUT2D eigenvalue weighted by atomic mass is 9.92. The first-order chi connectivity index (χ1) is 24.6. The lowest BCUT2D eigenvalue weighted by molar-refractivity contribution is -0.929. The van der Waals surface area contributed by atoms with E-state index in [1.807, 2.05) is 72.8 Å². The van der Waals surface area contributed by atoms with Crippen LogP contribution in [0.2, 0.25) is 0 Å². The number of carbonyl (C=O) groups is 2. The highest BCUT2D eigenvalue weighted by Gasteiger charge is 2.29. The molecule has 0 spiro atoms. The zero-order chi connectivity index (χ0) is 36.2. The number of rotatable bonds is 10. The Labute approximate surface area is 345 Å². The first-order valence-corrected chi connectivity index (χ1v) is 20.0. The Kier molecular flexibility index (Phi) is 16.8. The summed E-state index contributed by atoms with van der Waals surface area (Å²) in [6.07, 6.45) is 13.5. The van der Waals surface area contributed by atoms with Crippen molar-refractivity contribution in [2.24, 2.45) is 0 Å². The smallest absolute Gasteiger partial charge is 0.255 e. The number of hydrogen-bond donors (Lipinski definition) is 2. The van der Waals surface area contributed by atoms with Crippen LogP contribution in [0.5, 0.6) is 0 Å². The van der Waals surface area contributed by atoms with E-state index in [9.17, 15) is 9.59 Å². The highest BCUT2D eigenvalue weighted by molar-refractivity contribution is 9.10. The van der Waals surface area contributed by atoms with Gasteiger partial charge in [0.1, 0.15) is 6.54 Å². The molecule has 2 aliphatic rings. The Morgan fingerprint density at radius 2 is 1.10 bits per heavy atom. The van der Waals surface area contributed by atoms with Gasteiger partial charge < -0.3 is 39.1 Å². The SMILES string of the molecule is CN(Cc1ccc(NC(=O)c2cccc(Br)c2)cc1)C1CCCCC1.C[N+](C)(Cc1ccc(NC(=O)c2cccc(Br)c2)cc1)C1CCCCC1.[I-]. The van der Waals surface area contributed by atoms with Crippen LogP contribution in [0, 0.1) is 0 Å². The Hall–Kier alpha value is -2.57. The number of carbonyl (C=O) groups excluding carboxylic acids is 2. The molecular formula is C43H53Br2IN4O2. The molecule has 9 heteroatoms. The molecule has 2 fully saturated rings. The van der Waals surface area contributed by atoms with Gasteiger partial charge in [0.2, 0.25) is 0 Å². The lowest BCUT2D eigenvalue weighted by Crippen LogP contribution is -3.00. The molecule has 0 bridgehead atoms. The molecule has 0 atom stereocenters. The summed E-state index contributed by atoms with van der Waals surface area (Å²) in [5.74, 6) is -0.175. The van der Waals surface area contributed by atoms with Gasteiger partial charge in [-0.2, -0.15) is 0 Å². The highest BCUT2D eigenvalue weighted by Crippen LogP contribution is 2.28. The van der Waals surface area contributed by atoms with Gasteiger partial charge in [-0.05, 0) is 112 Å². The normalized spacial score (nSPS) is 15.2. The number of amides is 2. The van der Waals surface area contributed by atoms with Crippen LogP contribution in [0.3, 0.4) is 0 Å². The van der Waals surface area contributed by atoms with Crippen molar-refractivity contribution < 1.29 is 38.0 Å². The van der Waals surface area contributed by atoms with Crippen LogP contribution in [0.15, 0.2) is 106 Å². The summed E-state index contributed by atoms with van der Waals surface area (Å²) in [4.78, 5) is 27.1.